The molecule has 0 saturated carbocycles. The molecule has 5 fully saturated rings. The molecular weight excluding hydrogens is 1110 g/mol. The number of aliphatic hydroxyl groups is 16. The van der Waals surface area contributed by atoms with Crippen LogP contribution in [0.5, 0.6) is 0 Å². The summed E-state index contributed by atoms with van der Waals surface area (Å²) in [7, 11) is 0. The predicted octanol–water partition coefficient (Wildman–Crippen LogP) is 0.120. The van der Waals surface area contributed by atoms with E-state index in [9.17, 15) is 0 Å². The van der Waals surface area contributed by atoms with Crippen LogP contribution in [0.1, 0.15) is 110 Å². The third kappa shape index (κ3) is 47.7. The van der Waals surface area contributed by atoms with Gasteiger partial charge in [0, 0.05) is 79.3 Å². The van der Waals surface area contributed by atoms with E-state index in [1.54, 1.807) is 18.2 Å². The molecule has 11 atom stereocenters. The van der Waals surface area contributed by atoms with Crippen molar-refractivity contribution in [2.75, 3.05) is 79.3 Å². The molecule has 6 aliphatic heterocycles. The van der Waals surface area contributed by atoms with Gasteiger partial charge in [0.15, 0.2) is 0 Å². The Kier molecular flexibility index (Phi) is 67.2. The van der Waals surface area contributed by atoms with Gasteiger partial charge in [-0.25, -0.2) is 0 Å². The van der Waals surface area contributed by atoms with Crippen LogP contribution in [0.4, 0.5) is 0 Å². The maximum Gasteiger partial charge on any atom is 2.00 e. The van der Waals surface area contributed by atoms with Crippen molar-refractivity contribution in [2.24, 2.45) is 0 Å². The van der Waals surface area contributed by atoms with Crippen LogP contribution in [-0.4, -0.2) is 240 Å². The summed E-state index contributed by atoms with van der Waals surface area (Å²) in [6, 6.07) is 0.728. The molecule has 0 aromatic heterocycles. The summed E-state index contributed by atoms with van der Waals surface area (Å²) >= 11 is 0. The minimum atomic E-state index is -1.17. The van der Waals surface area contributed by atoms with E-state index in [2.05, 4.69) is 31.9 Å². The molecule has 72 heavy (non-hydrogen) atoms. The molecule has 6 aliphatic rings. The second-order valence-corrected chi connectivity index (χ2v) is 17.1. The summed E-state index contributed by atoms with van der Waals surface area (Å²) in [6.07, 6.45) is 18.2. The number of nitrogens with zero attached hydrogens (tertiary/aromatic N) is 6. The number of hydrogen-bond donors (Lipinski definition) is 16. The van der Waals surface area contributed by atoms with Crippen molar-refractivity contribution in [3.63, 3.8) is 0 Å². The Morgan fingerprint density at radius 2 is 0.542 bits per heavy atom. The predicted molar refractivity (Wildman–Crippen MR) is 261 cm³/mol. The number of aliphatic hydroxyl groups excluding tert-OH is 14. The van der Waals surface area contributed by atoms with E-state index < -0.39 is 12.6 Å². The topological polar surface area (TPSA) is 408 Å². The van der Waals surface area contributed by atoms with Gasteiger partial charge in [-0.15, -0.1) is 66.1 Å². The molecule has 26 heteroatoms. The van der Waals surface area contributed by atoms with Crippen molar-refractivity contribution in [1.82, 2.24) is 0 Å². The van der Waals surface area contributed by atoms with Gasteiger partial charge in [0.1, 0.15) is 12.6 Å². The van der Waals surface area contributed by atoms with Gasteiger partial charge in [-0.05, 0) is 13.8 Å². The molecule has 0 amide bonds. The number of allylic oxidation sites excluding steroid dienone is 2. The maximum absolute atomic E-state index is 8.73. The van der Waals surface area contributed by atoms with Gasteiger partial charge in [0.2, 0.25) is 0 Å². The van der Waals surface area contributed by atoms with Crippen LogP contribution in [0.25, 0.3) is 31.9 Å². The average molecular weight is 1210 g/mol. The summed E-state index contributed by atoms with van der Waals surface area (Å²) < 4.78 is 0. The van der Waals surface area contributed by atoms with Crippen molar-refractivity contribution in [2.45, 2.75) is 189 Å². The first-order valence-corrected chi connectivity index (χ1v) is 24.3. The van der Waals surface area contributed by atoms with E-state index in [1.807, 2.05) is 0 Å². The molecule has 0 aliphatic carbocycles. The van der Waals surface area contributed by atoms with E-state index in [0.29, 0.717) is 5.70 Å². The number of rotatable bonds is 12. The van der Waals surface area contributed by atoms with Crippen molar-refractivity contribution in [3.8, 4) is 0 Å². The van der Waals surface area contributed by atoms with E-state index in [0.717, 1.165) is 96.3 Å². The normalized spacial score (nSPS) is 28.1. The standard InChI is InChI=1S/5C7H14NO2.C7H10NO2.2C2H6O2.4Mn/c6*9-4-6-2-1-3-7(5-10)8-6;2*1-2(3)4;;;;/h5*6-7,9-10H,1-5H2;1-3,6,9-10H,4-5H2;2*2-4H,1H3;;;;/q6*-1;;;4*+2. The minimum absolute atomic E-state index is 0. The van der Waals surface area contributed by atoms with Crippen LogP contribution < -0.4 is 0 Å². The van der Waals surface area contributed by atoms with Crippen LogP contribution >= 0.6 is 0 Å². The van der Waals surface area contributed by atoms with E-state index in [1.165, 1.54) is 13.8 Å². The van der Waals surface area contributed by atoms with Crippen molar-refractivity contribution < 1.29 is 150 Å². The molecule has 428 valence electrons. The minimum Gasteiger partial charge on any atom is -0.678 e. The number of piperidine rings is 5. The molecule has 22 nitrogen and oxygen atoms in total. The van der Waals surface area contributed by atoms with Crippen LogP contribution in [0.3, 0.4) is 0 Å². The Hall–Kier alpha value is 0.518. The van der Waals surface area contributed by atoms with Crippen LogP contribution in [-0.2, 0) is 68.3 Å². The van der Waals surface area contributed by atoms with Crippen LogP contribution in [0.2, 0.25) is 0 Å². The Labute approximate surface area is 471 Å². The number of hydrogen-bond acceptors (Lipinski definition) is 16. The van der Waals surface area contributed by atoms with Gasteiger partial charge in [-0.1, -0.05) is 121 Å². The van der Waals surface area contributed by atoms with Gasteiger partial charge in [-0.2, -0.15) is 0 Å². The molecule has 0 bridgehead atoms. The van der Waals surface area contributed by atoms with Gasteiger partial charge < -0.3 is 114 Å². The molecule has 4 radical (unpaired) electrons. The van der Waals surface area contributed by atoms with Crippen molar-refractivity contribution in [1.29, 1.82) is 0 Å². The summed E-state index contributed by atoms with van der Waals surface area (Å²) in [6.45, 7) is 3.86. The molecular formula is C46H92Mn4N6O16+2. The average Bonchev–Trinajstić information content (AvgIpc) is 3.39. The molecule has 16 N–H and O–H groups in total. The summed E-state index contributed by atoms with van der Waals surface area (Å²) in [5.41, 5.74) is 0.626. The summed E-state index contributed by atoms with van der Waals surface area (Å²) in [4.78, 5) is 0. The third-order valence-electron chi connectivity index (χ3n) is 10.9. The molecule has 0 aromatic carbocycles. The van der Waals surface area contributed by atoms with Gasteiger partial charge in [0.25, 0.3) is 0 Å². The molecule has 0 spiro atoms. The zero-order valence-electron chi connectivity index (χ0n) is 42.2. The largest absolute Gasteiger partial charge is 2.00 e. The van der Waals surface area contributed by atoms with Crippen LogP contribution in [0.15, 0.2) is 23.9 Å². The van der Waals surface area contributed by atoms with Gasteiger partial charge in [0.05, 0.1) is 0 Å². The first kappa shape index (κ1) is 83.8. The second-order valence-electron chi connectivity index (χ2n) is 17.1. The fraction of sp³-hybridized carbons (Fsp3) is 0.913. The Morgan fingerprint density at radius 1 is 0.361 bits per heavy atom. The van der Waals surface area contributed by atoms with E-state index >= 15 is 0 Å². The zero-order valence-corrected chi connectivity index (χ0v) is 46.9. The van der Waals surface area contributed by atoms with Gasteiger partial charge in [-0.3, -0.25) is 0 Å². The van der Waals surface area contributed by atoms with Gasteiger partial charge >= 0.3 is 68.3 Å². The Balaban J connectivity index is -0.000000174. The smallest absolute Gasteiger partial charge is 0.678 e. The summed E-state index contributed by atoms with van der Waals surface area (Å²) in [5.74, 6) is 0. The fourth-order valence-corrected chi connectivity index (χ4v) is 7.36. The van der Waals surface area contributed by atoms with E-state index in [4.69, 9.17) is 81.7 Å². The molecule has 6 rings (SSSR count). The zero-order chi connectivity index (χ0) is 51.5. The van der Waals surface area contributed by atoms with Crippen LogP contribution in [0, 0.1) is 0 Å². The molecule has 6 heterocycles. The SMILES string of the molecule is CC(O)O.CC(O)O.OCC1=CC=CC(CO)[N-]1.OCC1CCCC(CO)[N-]1.OCC1CCCC(CO)[N-]1.OCC1CCCC(CO)[N-]1.OCC1CCCC(CO)[N-]1.OCC1CCCC(CO)[N-]1.[Mn+2].[Mn+2].[Mn+2].[Mn+2]. The first-order valence-electron chi connectivity index (χ1n) is 24.3. The molecule has 11 unspecified atom stereocenters. The molecule has 0 aromatic rings. The first-order chi connectivity index (χ1) is 32.6. The van der Waals surface area contributed by atoms with Crippen molar-refractivity contribution in [3.05, 3.63) is 55.8 Å². The van der Waals surface area contributed by atoms with Crippen molar-refractivity contribution >= 4 is 0 Å². The quantitative estimate of drug-likeness (QED) is 0.0912. The monoisotopic (exact) mass is 1200 g/mol. The third-order valence-corrected chi connectivity index (χ3v) is 10.9. The Bertz CT molecular complexity index is 977. The fourth-order valence-electron chi connectivity index (χ4n) is 7.36. The maximum atomic E-state index is 8.73. The van der Waals surface area contributed by atoms with E-state index in [-0.39, 0.29) is 214 Å². The summed E-state index contributed by atoms with van der Waals surface area (Å²) in [5, 5.41) is 160. The molecule has 5 saturated heterocycles. The second kappa shape index (κ2) is 57.7. The Morgan fingerprint density at radius 3 is 0.681 bits per heavy atom.